The minimum atomic E-state index is -0.300. The Balaban J connectivity index is 1.96. The number of hydrogen-bond donors (Lipinski definition) is 1. The van der Waals surface area contributed by atoms with Crippen molar-refractivity contribution in [2.24, 2.45) is 0 Å². The molecule has 0 unspecified atom stereocenters. The van der Waals surface area contributed by atoms with Gasteiger partial charge >= 0.3 is 0 Å². The van der Waals surface area contributed by atoms with Gasteiger partial charge in [0.15, 0.2) is 5.82 Å². The Morgan fingerprint density at radius 2 is 1.79 bits per heavy atom. The summed E-state index contributed by atoms with van der Waals surface area (Å²) in [5.74, 6) is 0.139. The summed E-state index contributed by atoms with van der Waals surface area (Å²) in [6, 6.07) is 10.8. The van der Waals surface area contributed by atoms with Crippen molar-refractivity contribution < 1.29 is 4.79 Å². The fourth-order valence-corrected chi connectivity index (χ4v) is 1.76. The molecule has 0 aliphatic heterocycles. The number of amides is 1. The Hall–Kier alpha value is -2.82. The lowest BCUT2D eigenvalue weighted by Crippen LogP contribution is -2.14. The number of nitrogens with zero attached hydrogens (tertiary/aromatic N) is 3. The topological polar surface area (TPSA) is 67.8 Å². The predicted octanol–water partition coefficient (Wildman–Crippen LogP) is 2.28. The summed E-state index contributed by atoms with van der Waals surface area (Å²) in [6.07, 6.45) is 4.88. The molecule has 0 bridgehead atoms. The van der Waals surface area contributed by atoms with Crippen molar-refractivity contribution in [3.8, 4) is 0 Å². The van der Waals surface area contributed by atoms with Gasteiger partial charge in [0, 0.05) is 24.0 Å². The van der Waals surface area contributed by atoms with Gasteiger partial charge in [0.1, 0.15) is 11.2 Å². The average molecular weight is 250 g/mol. The molecule has 0 aromatic carbocycles. The van der Waals surface area contributed by atoms with E-state index in [1.165, 1.54) is 0 Å². The quantitative estimate of drug-likeness (QED) is 0.757. The third-order valence-corrected chi connectivity index (χ3v) is 2.65. The van der Waals surface area contributed by atoms with Crippen LogP contribution in [0.25, 0.3) is 10.9 Å². The van der Waals surface area contributed by atoms with E-state index in [1.54, 1.807) is 36.8 Å². The Kier molecular flexibility index (Phi) is 2.86. The maximum atomic E-state index is 12.0. The fourth-order valence-electron chi connectivity index (χ4n) is 1.76. The van der Waals surface area contributed by atoms with E-state index in [0.29, 0.717) is 17.0 Å². The number of nitrogens with one attached hydrogen (secondary N) is 1. The van der Waals surface area contributed by atoms with Crippen molar-refractivity contribution in [2.45, 2.75) is 0 Å². The Morgan fingerprint density at radius 1 is 0.895 bits per heavy atom. The summed E-state index contributed by atoms with van der Waals surface area (Å²) >= 11 is 0. The molecule has 0 fully saturated rings. The highest BCUT2D eigenvalue weighted by Gasteiger charge is 2.10. The summed E-state index contributed by atoms with van der Waals surface area (Å²) in [5, 5.41) is 3.65. The van der Waals surface area contributed by atoms with E-state index in [1.807, 2.05) is 18.2 Å². The van der Waals surface area contributed by atoms with Gasteiger partial charge < -0.3 is 5.32 Å². The maximum Gasteiger partial charge on any atom is 0.275 e. The molecule has 3 aromatic rings. The van der Waals surface area contributed by atoms with Gasteiger partial charge in [0.2, 0.25) is 0 Å². The third kappa shape index (κ3) is 2.26. The number of carbonyl (C=O) groups excluding carboxylic acids is 1. The predicted molar refractivity (Wildman–Crippen MR) is 71.7 cm³/mol. The van der Waals surface area contributed by atoms with E-state index < -0.39 is 0 Å². The van der Waals surface area contributed by atoms with Crippen LogP contribution in [0.15, 0.2) is 55.0 Å². The van der Waals surface area contributed by atoms with Crippen molar-refractivity contribution in [1.29, 1.82) is 0 Å². The van der Waals surface area contributed by atoms with E-state index in [2.05, 4.69) is 20.3 Å². The highest BCUT2D eigenvalue weighted by molar-refractivity contribution is 6.06. The highest BCUT2D eigenvalue weighted by atomic mass is 16.1. The first-order chi connectivity index (χ1) is 9.34. The number of aromatic nitrogens is 3. The van der Waals surface area contributed by atoms with Gasteiger partial charge in [0.05, 0.1) is 0 Å². The highest BCUT2D eigenvalue weighted by Crippen LogP contribution is 2.18. The first-order valence-electron chi connectivity index (χ1n) is 5.77. The van der Waals surface area contributed by atoms with Crippen LogP contribution in [0.5, 0.6) is 0 Å². The zero-order valence-electron chi connectivity index (χ0n) is 9.95. The van der Waals surface area contributed by atoms with Crippen LogP contribution in [0.4, 0.5) is 5.82 Å². The smallest absolute Gasteiger partial charge is 0.275 e. The van der Waals surface area contributed by atoms with Crippen LogP contribution >= 0.6 is 0 Å². The zero-order valence-corrected chi connectivity index (χ0v) is 9.95. The van der Waals surface area contributed by atoms with E-state index in [9.17, 15) is 4.79 Å². The lowest BCUT2D eigenvalue weighted by atomic mass is 10.2. The summed E-state index contributed by atoms with van der Waals surface area (Å²) in [6.45, 7) is 0. The van der Waals surface area contributed by atoms with Crippen LogP contribution in [0.2, 0.25) is 0 Å². The Labute approximate surface area is 109 Å². The van der Waals surface area contributed by atoms with Gasteiger partial charge in [-0.1, -0.05) is 12.1 Å². The number of carbonyl (C=O) groups is 1. The van der Waals surface area contributed by atoms with Crippen LogP contribution < -0.4 is 5.32 Å². The molecule has 3 rings (SSSR count). The largest absolute Gasteiger partial charge is 0.303 e. The molecule has 5 heteroatoms. The average Bonchev–Trinajstić information content (AvgIpc) is 2.48. The van der Waals surface area contributed by atoms with Gasteiger partial charge in [-0.15, -0.1) is 0 Å². The molecule has 0 atom stereocenters. The fraction of sp³-hybridized carbons (Fsp3) is 0. The number of anilines is 1. The molecular formula is C14H10N4O. The molecule has 0 aliphatic rings. The molecule has 3 heterocycles. The van der Waals surface area contributed by atoms with Crippen LogP contribution in [0.3, 0.4) is 0 Å². The zero-order chi connectivity index (χ0) is 13.1. The molecule has 1 N–H and O–H groups in total. The second-order valence-corrected chi connectivity index (χ2v) is 3.90. The second-order valence-electron chi connectivity index (χ2n) is 3.90. The number of fused-ring (bicyclic) bond motifs is 1. The molecule has 0 saturated carbocycles. The lowest BCUT2D eigenvalue weighted by Gasteiger charge is -2.06. The Bertz CT molecular complexity index is 722. The first kappa shape index (κ1) is 11.3. The van der Waals surface area contributed by atoms with E-state index in [-0.39, 0.29) is 5.91 Å². The third-order valence-electron chi connectivity index (χ3n) is 2.65. The molecule has 92 valence electrons. The standard InChI is InChI=1S/C14H10N4O/c19-14(11-5-1-2-7-15-11)18-13-12-10(6-9-17-13)4-3-8-16-12/h1-9H,(H,17,18,19). The van der Waals surface area contributed by atoms with Crippen molar-refractivity contribution >= 4 is 22.6 Å². The number of rotatable bonds is 2. The number of hydrogen-bond acceptors (Lipinski definition) is 4. The van der Waals surface area contributed by atoms with Crippen molar-refractivity contribution in [3.05, 3.63) is 60.7 Å². The summed E-state index contributed by atoms with van der Waals surface area (Å²) < 4.78 is 0. The van der Waals surface area contributed by atoms with Crippen molar-refractivity contribution in [1.82, 2.24) is 15.0 Å². The van der Waals surface area contributed by atoms with Crippen LogP contribution in [-0.4, -0.2) is 20.9 Å². The van der Waals surface area contributed by atoms with E-state index >= 15 is 0 Å². The van der Waals surface area contributed by atoms with Gasteiger partial charge in [0.25, 0.3) is 5.91 Å². The number of pyridine rings is 3. The first-order valence-corrected chi connectivity index (χ1v) is 5.77. The summed E-state index contributed by atoms with van der Waals surface area (Å²) in [7, 11) is 0. The van der Waals surface area contributed by atoms with Crippen molar-refractivity contribution in [3.63, 3.8) is 0 Å². The maximum absolute atomic E-state index is 12.0. The summed E-state index contributed by atoms with van der Waals surface area (Å²) in [5.41, 5.74) is 1.01. The molecule has 0 radical (unpaired) electrons. The SMILES string of the molecule is O=C(Nc1nccc2cccnc12)c1ccccn1. The molecule has 5 nitrogen and oxygen atoms in total. The van der Waals surface area contributed by atoms with Gasteiger partial charge in [-0.2, -0.15) is 0 Å². The lowest BCUT2D eigenvalue weighted by molar-refractivity contribution is 0.102. The van der Waals surface area contributed by atoms with Crippen LogP contribution in [0.1, 0.15) is 10.5 Å². The summed E-state index contributed by atoms with van der Waals surface area (Å²) in [4.78, 5) is 24.4. The minimum absolute atomic E-state index is 0.300. The second kappa shape index (κ2) is 4.81. The molecule has 0 spiro atoms. The minimum Gasteiger partial charge on any atom is -0.303 e. The molecular weight excluding hydrogens is 240 g/mol. The van der Waals surface area contributed by atoms with Gasteiger partial charge in [-0.05, 0) is 24.3 Å². The molecule has 0 aliphatic carbocycles. The Morgan fingerprint density at radius 3 is 2.63 bits per heavy atom. The van der Waals surface area contributed by atoms with Crippen molar-refractivity contribution in [2.75, 3.05) is 5.32 Å². The van der Waals surface area contributed by atoms with Gasteiger partial charge in [-0.3, -0.25) is 14.8 Å². The van der Waals surface area contributed by atoms with Gasteiger partial charge in [-0.25, -0.2) is 4.98 Å². The normalized spacial score (nSPS) is 10.3. The molecule has 3 aromatic heterocycles. The van der Waals surface area contributed by atoms with Crippen LogP contribution in [0, 0.1) is 0 Å². The van der Waals surface area contributed by atoms with E-state index in [0.717, 1.165) is 5.39 Å². The molecule has 19 heavy (non-hydrogen) atoms. The van der Waals surface area contributed by atoms with E-state index in [4.69, 9.17) is 0 Å². The molecule has 1 amide bonds. The monoisotopic (exact) mass is 250 g/mol. The van der Waals surface area contributed by atoms with Crippen LogP contribution in [-0.2, 0) is 0 Å². The molecule has 0 saturated heterocycles.